The van der Waals surface area contributed by atoms with Crippen molar-refractivity contribution >= 4 is 27.6 Å². The predicted octanol–water partition coefficient (Wildman–Crippen LogP) is 4.16. The van der Waals surface area contributed by atoms with Crippen LogP contribution in [0.1, 0.15) is 15.9 Å². The monoisotopic (exact) mass is 351 g/mol. The number of nitro groups is 1. The SMILES string of the molecule is Cc1cc([N+](=O)[O-])ccc1Oc1ccc(C(=O)O)cc1Br. The van der Waals surface area contributed by atoms with Crippen LogP contribution in [0.3, 0.4) is 0 Å². The lowest BCUT2D eigenvalue weighted by atomic mass is 10.2. The number of benzene rings is 2. The topological polar surface area (TPSA) is 89.7 Å². The van der Waals surface area contributed by atoms with Crippen LogP contribution in [0.5, 0.6) is 11.5 Å². The Balaban J connectivity index is 2.30. The molecule has 0 saturated carbocycles. The van der Waals surface area contributed by atoms with Gasteiger partial charge in [0, 0.05) is 12.1 Å². The summed E-state index contributed by atoms with van der Waals surface area (Å²) in [6, 6.07) is 8.64. The van der Waals surface area contributed by atoms with Crippen molar-refractivity contribution in [1.82, 2.24) is 0 Å². The Bertz CT molecular complexity index is 668. The third-order valence-corrected chi connectivity index (χ3v) is 3.39. The molecular formula is C14H10BrNO5. The molecule has 2 rings (SSSR count). The van der Waals surface area contributed by atoms with Crippen molar-refractivity contribution < 1.29 is 19.6 Å². The maximum Gasteiger partial charge on any atom is 0.335 e. The van der Waals surface area contributed by atoms with E-state index in [1.165, 1.54) is 36.4 Å². The highest BCUT2D eigenvalue weighted by Crippen LogP contribution is 2.33. The number of carboxylic acid groups (broad SMARTS) is 1. The molecule has 2 aromatic carbocycles. The molecule has 0 atom stereocenters. The van der Waals surface area contributed by atoms with E-state index in [0.717, 1.165) is 0 Å². The Morgan fingerprint density at radius 1 is 1.24 bits per heavy atom. The molecule has 0 bridgehead atoms. The lowest BCUT2D eigenvalue weighted by Crippen LogP contribution is -1.97. The second-order valence-corrected chi connectivity index (χ2v) is 5.11. The fourth-order valence-electron chi connectivity index (χ4n) is 1.70. The number of hydrogen-bond donors (Lipinski definition) is 1. The molecule has 0 heterocycles. The lowest BCUT2D eigenvalue weighted by Gasteiger charge is -2.10. The molecule has 0 unspecified atom stereocenters. The first-order chi connectivity index (χ1) is 9.88. The Morgan fingerprint density at radius 3 is 2.43 bits per heavy atom. The summed E-state index contributed by atoms with van der Waals surface area (Å²) < 4.78 is 6.13. The minimum Gasteiger partial charge on any atom is -0.478 e. The van der Waals surface area contributed by atoms with Crippen LogP contribution in [0.4, 0.5) is 5.69 Å². The van der Waals surface area contributed by atoms with Gasteiger partial charge >= 0.3 is 5.97 Å². The fourth-order valence-corrected chi connectivity index (χ4v) is 2.16. The highest BCUT2D eigenvalue weighted by Gasteiger charge is 2.12. The van der Waals surface area contributed by atoms with Crippen LogP contribution in [0, 0.1) is 17.0 Å². The first-order valence-corrected chi connectivity index (χ1v) is 6.63. The molecule has 0 aliphatic heterocycles. The maximum absolute atomic E-state index is 10.9. The molecule has 108 valence electrons. The Kier molecular flexibility index (Phi) is 4.23. The molecule has 0 aliphatic carbocycles. The van der Waals surface area contributed by atoms with E-state index in [4.69, 9.17) is 9.84 Å². The number of rotatable bonds is 4. The van der Waals surface area contributed by atoms with Crippen LogP contribution in [-0.2, 0) is 0 Å². The number of carboxylic acids is 1. The molecule has 0 fully saturated rings. The van der Waals surface area contributed by atoms with E-state index in [1.807, 2.05) is 0 Å². The molecular weight excluding hydrogens is 342 g/mol. The summed E-state index contributed by atoms with van der Waals surface area (Å²) in [4.78, 5) is 21.1. The third-order valence-electron chi connectivity index (χ3n) is 2.77. The van der Waals surface area contributed by atoms with Crippen molar-refractivity contribution in [3.8, 4) is 11.5 Å². The number of ether oxygens (including phenoxy) is 1. The van der Waals surface area contributed by atoms with Gasteiger partial charge in [0.15, 0.2) is 0 Å². The molecule has 1 N–H and O–H groups in total. The van der Waals surface area contributed by atoms with Gasteiger partial charge < -0.3 is 9.84 Å². The van der Waals surface area contributed by atoms with Gasteiger partial charge in [-0.2, -0.15) is 0 Å². The zero-order valence-electron chi connectivity index (χ0n) is 10.9. The van der Waals surface area contributed by atoms with Crippen LogP contribution in [-0.4, -0.2) is 16.0 Å². The van der Waals surface area contributed by atoms with Crippen LogP contribution in [0.2, 0.25) is 0 Å². The molecule has 2 aromatic rings. The average molecular weight is 352 g/mol. The van der Waals surface area contributed by atoms with Crippen molar-refractivity contribution in [2.45, 2.75) is 6.92 Å². The minimum atomic E-state index is -1.03. The molecule has 0 saturated heterocycles. The molecule has 0 aromatic heterocycles. The summed E-state index contributed by atoms with van der Waals surface area (Å²) in [5.41, 5.74) is 0.730. The number of halogens is 1. The zero-order chi connectivity index (χ0) is 15.6. The first-order valence-electron chi connectivity index (χ1n) is 5.84. The lowest BCUT2D eigenvalue weighted by molar-refractivity contribution is -0.384. The largest absolute Gasteiger partial charge is 0.478 e. The van der Waals surface area contributed by atoms with E-state index in [1.54, 1.807) is 6.92 Å². The van der Waals surface area contributed by atoms with Crippen molar-refractivity contribution in [1.29, 1.82) is 0 Å². The van der Waals surface area contributed by atoms with Crippen LogP contribution >= 0.6 is 15.9 Å². The second kappa shape index (κ2) is 5.92. The average Bonchev–Trinajstić information content (AvgIpc) is 2.42. The van der Waals surface area contributed by atoms with E-state index >= 15 is 0 Å². The van der Waals surface area contributed by atoms with Gasteiger partial charge in [-0.15, -0.1) is 0 Å². The van der Waals surface area contributed by atoms with Gasteiger partial charge in [0.05, 0.1) is 15.0 Å². The third kappa shape index (κ3) is 3.38. The van der Waals surface area contributed by atoms with Gasteiger partial charge in [-0.25, -0.2) is 4.79 Å². The Morgan fingerprint density at radius 2 is 1.90 bits per heavy atom. The summed E-state index contributed by atoms with van der Waals surface area (Å²) in [7, 11) is 0. The molecule has 0 radical (unpaired) electrons. The van der Waals surface area contributed by atoms with Gasteiger partial charge in [0.2, 0.25) is 0 Å². The fraction of sp³-hybridized carbons (Fsp3) is 0.0714. The molecule has 7 heteroatoms. The highest BCUT2D eigenvalue weighted by molar-refractivity contribution is 9.10. The smallest absolute Gasteiger partial charge is 0.335 e. The van der Waals surface area contributed by atoms with Crippen molar-refractivity contribution in [3.63, 3.8) is 0 Å². The summed E-state index contributed by atoms with van der Waals surface area (Å²) >= 11 is 3.24. The molecule has 0 spiro atoms. The van der Waals surface area contributed by atoms with E-state index < -0.39 is 10.9 Å². The summed E-state index contributed by atoms with van der Waals surface area (Å²) in [5.74, 6) is -0.143. The van der Waals surface area contributed by atoms with Gasteiger partial charge in [-0.1, -0.05) is 0 Å². The Labute approximate surface area is 128 Å². The van der Waals surface area contributed by atoms with Crippen LogP contribution < -0.4 is 4.74 Å². The molecule has 0 aliphatic rings. The standard InChI is InChI=1S/C14H10BrNO5/c1-8-6-10(16(19)20)3-5-12(8)21-13-4-2-9(14(17)18)7-11(13)15/h2-7H,1H3,(H,17,18). The second-order valence-electron chi connectivity index (χ2n) is 4.26. The normalized spacial score (nSPS) is 10.2. The number of non-ortho nitro benzene ring substituents is 1. The minimum absolute atomic E-state index is 0.0138. The quantitative estimate of drug-likeness (QED) is 0.659. The van der Waals surface area contributed by atoms with E-state index in [-0.39, 0.29) is 11.3 Å². The van der Waals surface area contributed by atoms with E-state index in [2.05, 4.69) is 15.9 Å². The van der Waals surface area contributed by atoms with Crippen LogP contribution in [0.25, 0.3) is 0 Å². The van der Waals surface area contributed by atoms with E-state index in [9.17, 15) is 14.9 Å². The number of nitro benzene ring substituents is 1. The Hall–Kier alpha value is -2.41. The van der Waals surface area contributed by atoms with E-state index in [0.29, 0.717) is 21.5 Å². The van der Waals surface area contributed by atoms with Crippen molar-refractivity contribution in [3.05, 3.63) is 62.1 Å². The highest BCUT2D eigenvalue weighted by atomic mass is 79.9. The molecule has 0 amide bonds. The van der Waals surface area contributed by atoms with Crippen LogP contribution in [0.15, 0.2) is 40.9 Å². The number of nitrogens with zero attached hydrogens (tertiary/aromatic N) is 1. The number of aromatic carboxylic acids is 1. The zero-order valence-corrected chi connectivity index (χ0v) is 12.5. The molecule has 6 nitrogen and oxygen atoms in total. The number of aryl methyl sites for hydroxylation is 1. The first kappa shape index (κ1) is 15.0. The summed E-state index contributed by atoms with van der Waals surface area (Å²) in [6.07, 6.45) is 0. The number of carbonyl (C=O) groups is 1. The summed E-state index contributed by atoms with van der Waals surface area (Å²) in [5, 5.41) is 19.6. The van der Waals surface area contributed by atoms with Gasteiger partial charge in [-0.3, -0.25) is 10.1 Å². The van der Waals surface area contributed by atoms with Gasteiger partial charge in [0.25, 0.3) is 5.69 Å². The van der Waals surface area contributed by atoms with Gasteiger partial charge in [-0.05, 0) is 52.7 Å². The van der Waals surface area contributed by atoms with Crippen molar-refractivity contribution in [2.24, 2.45) is 0 Å². The molecule has 21 heavy (non-hydrogen) atoms. The number of hydrogen-bond acceptors (Lipinski definition) is 4. The predicted molar refractivity (Wildman–Crippen MR) is 79.0 cm³/mol. The summed E-state index contributed by atoms with van der Waals surface area (Å²) in [6.45, 7) is 1.70. The van der Waals surface area contributed by atoms with Gasteiger partial charge in [0.1, 0.15) is 11.5 Å². The maximum atomic E-state index is 10.9. The van der Waals surface area contributed by atoms with Crippen molar-refractivity contribution in [2.75, 3.05) is 0 Å².